The van der Waals surface area contributed by atoms with Crippen molar-refractivity contribution in [2.75, 3.05) is 0 Å². The van der Waals surface area contributed by atoms with E-state index in [1.54, 1.807) is 0 Å². The molecule has 0 spiro atoms. The molecule has 15 heavy (non-hydrogen) atoms. The molecule has 0 aliphatic rings. The van der Waals surface area contributed by atoms with Gasteiger partial charge >= 0.3 is 6.36 Å². The first kappa shape index (κ1) is 12.1. The number of nitrogens with zero attached hydrogens (tertiary/aromatic N) is 1. The Morgan fingerprint density at radius 2 is 2.13 bits per heavy atom. The third-order valence-corrected chi connectivity index (χ3v) is 2.22. The maximum atomic E-state index is 11.9. The van der Waals surface area contributed by atoms with E-state index >= 15 is 0 Å². The maximum absolute atomic E-state index is 11.9. The fourth-order valence-corrected chi connectivity index (χ4v) is 1.50. The smallest absolute Gasteiger partial charge is 0.503 e. The predicted octanol–water partition coefficient (Wildman–Crippen LogP) is 2.89. The summed E-state index contributed by atoms with van der Waals surface area (Å²) in [6.45, 7) is 1.53. The SMILES string of the molecule is Cc1nc(OC(F)(F)F)c(O)cc1CBr. The van der Waals surface area contributed by atoms with Gasteiger partial charge in [0.1, 0.15) is 0 Å². The second-order valence-electron chi connectivity index (χ2n) is 2.74. The third kappa shape index (κ3) is 3.26. The van der Waals surface area contributed by atoms with E-state index in [0.717, 1.165) is 0 Å². The van der Waals surface area contributed by atoms with Crippen LogP contribution in [0.4, 0.5) is 13.2 Å². The van der Waals surface area contributed by atoms with E-state index in [0.29, 0.717) is 16.6 Å². The number of aromatic nitrogens is 1. The highest BCUT2D eigenvalue weighted by Gasteiger charge is 2.33. The van der Waals surface area contributed by atoms with Crippen LogP contribution < -0.4 is 4.74 Å². The van der Waals surface area contributed by atoms with E-state index in [1.165, 1.54) is 13.0 Å². The fourth-order valence-electron chi connectivity index (χ4n) is 0.933. The average molecular weight is 286 g/mol. The van der Waals surface area contributed by atoms with Crippen molar-refractivity contribution in [3.63, 3.8) is 0 Å². The summed E-state index contributed by atoms with van der Waals surface area (Å²) >= 11 is 3.11. The van der Waals surface area contributed by atoms with Crippen LogP contribution in [0.25, 0.3) is 0 Å². The van der Waals surface area contributed by atoms with Crippen LogP contribution >= 0.6 is 15.9 Å². The molecule has 0 saturated carbocycles. The van der Waals surface area contributed by atoms with Crippen molar-refractivity contribution in [2.45, 2.75) is 18.6 Å². The van der Waals surface area contributed by atoms with Gasteiger partial charge < -0.3 is 9.84 Å². The highest BCUT2D eigenvalue weighted by atomic mass is 79.9. The Labute approximate surface area is 92.0 Å². The number of alkyl halides is 4. The van der Waals surface area contributed by atoms with E-state index in [4.69, 9.17) is 0 Å². The molecule has 1 aromatic rings. The Morgan fingerprint density at radius 3 is 2.60 bits per heavy atom. The van der Waals surface area contributed by atoms with Gasteiger partial charge in [-0.05, 0) is 18.6 Å². The van der Waals surface area contributed by atoms with Crippen molar-refractivity contribution in [3.8, 4) is 11.6 Å². The number of aromatic hydroxyl groups is 1. The first-order chi connectivity index (χ1) is 6.83. The number of ether oxygens (including phenoxy) is 1. The van der Waals surface area contributed by atoms with Gasteiger partial charge in [0, 0.05) is 11.0 Å². The number of hydrogen-bond acceptors (Lipinski definition) is 3. The first-order valence-electron chi connectivity index (χ1n) is 3.84. The molecule has 0 atom stereocenters. The number of aryl methyl sites for hydroxylation is 1. The van der Waals surface area contributed by atoms with Gasteiger partial charge in [-0.1, -0.05) is 15.9 Å². The Morgan fingerprint density at radius 1 is 1.53 bits per heavy atom. The normalized spacial score (nSPS) is 11.5. The minimum Gasteiger partial charge on any atom is -0.503 e. The zero-order valence-electron chi connectivity index (χ0n) is 7.60. The highest BCUT2D eigenvalue weighted by molar-refractivity contribution is 9.08. The molecule has 0 unspecified atom stereocenters. The molecule has 0 fully saturated rings. The summed E-state index contributed by atoms with van der Waals surface area (Å²) in [5.74, 6) is -1.46. The quantitative estimate of drug-likeness (QED) is 0.850. The number of pyridine rings is 1. The molecular weight excluding hydrogens is 279 g/mol. The second-order valence-corrected chi connectivity index (χ2v) is 3.30. The van der Waals surface area contributed by atoms with Crippen molar-refractivity contribution >= 4 is 15.9 Å². The number of halogens is 4. The van der Waals surface area contributed by atoms with Gasteiger partial charge in [-0.25, -0.2) is 4.98 Å². The van der Waals surface area contributed by atoms with Crippen molar-refractivity contribution in [3.05, 3.63) is 17.3 Å². The van der Waals surface area contributed by atoms with E-state index in [-0.39, 0.29) is 0 Å². The van der Waals surface area contributed by atoms with Crippen molar-refractivity contribution in [1.29, 1.82) is 0 Å². The second kappa shape index (κ2) is 4.26. The topological polar surface area (TPSA) is 42.4 Å². The molecule has 1 aromatic heterocycles. The van der Waals surface area contributed by atoms with Crippen LogP contribution in [0.5, 0.6) is 11.6 Å². The molecule has 0 aliphatic heterocycles. The molecule has 0 aromatic carbocycles. The molecular formula is C8H7BrF3NO2. The first-order valence-corrected chi connectivity index (χ1v) is 4.97. The summed E-state index contributed by atoms with van der Waals surface area (Å²) in [5.41, 5.74) is 0.964. The van der Waals surface area contributed by atoms with Crippen molar-refractivity contribution in [2.24, 2.45) is 0 Å². The van der Waals surface area contributed by atoms with Crippen LogP contribution in [0, 0.1) is 6.92 Å². The van der Waals surface area contributed by atoms with Gasteiger partial charge in [0.2, 0.25) is 0 Å². The minimum atomic E-state index is -4.85. The van der Waals surface area contributed by atoms with E-state index < -0.39 is 18.0 Å². The van der Waals surface area contributed by atoms with E-state index in [1.807, 2.05) is 0 Å². The standard InChI is InChI=1S/C8H7BrF3NO2/c1-4-5(3-9)2-6(14)7(13-4)15-8(10,11)12/h2,14H,3H2,1H3. The van der Waals surface area contributed by atoms with Gasteiger partial charge in [0.25, 0.3) is 5.88 Å². The molecule has 3 nitrogen and oxygen atoms in total. The molecule has 0 aliphatic carbocycles. The Balaban J connectivity index is 3.05. The molecule has 0 bridgehead atoms. The summed E-state index contributed by atoms with van der Waals surface area (Å²) in [4.78, 5) is 3.51. The molecule has 0 radical (unpaired) electrons. The van der Waals surface area contributed by atoms with Crippen LogP contribution in [-0.4, -0.2) is 16.5 Å². The largest absolute Gasteiger partial charge is 0.574 e. The molecule has 7 heteroatoms. The highest BCUT2D eigenvalue weighted by Crippen LogP contribution is 2.31. The van der Waals surface area contributed by atoms with Gasteiger partial charge in [-0.15, -0.1) is 13.2 Å². The van der Waals surface area contributed by atoms with Crippen molar-refractivity contribution in [1.82, 2.24) is 4.98 Å². The lowest BCUT2D eigenvalue weighted by atomic mass is 10.2. The van der Waals surface area contributed by atoms with E-state index in [9.17, 15) is 18.3 Å². The summed E-state index contributed by atoms with van der Waals surface area (Å²) in [7, 11) is 0. The minimum absolute atomic E-state index is 0.365. The summed E-state index contributed by atoms with van der Waals surface area (Å²) < 4.78 is 39.1. The lowest BCUT2D eigenvalue weighted by molar-refractivity contribution is -0.276. The molecule has 84 valence electrons. The van der Waals surface area contributed by atoms with Crippen LogP contribution in [0.1, 0.15) is 11.3 Å². The van der Waals surface area contributed by atoms with Gasteiger partial charge in [0.15, 0.2) is 5.75 Å². The van der Waals surface area contributed by atoms with E-state index in [2.05, 4.69) is 25.7 Å². The summed E-state index contributed by atoms with van der Waals surface area (Å²) in [5, 5.41) is 9.60. The van der Waals surface area contributed by atoms with Crippen LogP contribution in [0.2, 0.25) is 0 Å². The van der Waals surface area contributed by atoms with Crippen LogP contribution in [-0.2, 0) is 5.33 Å². The zero-order valence-corrected chi connectivity index (χ0v) is 9.18. The maximum Gasteiger partial charge on any atom is 0.574 e. The third-order valence-electron chi connectivity index (χ3n) is 1.62. The zero-order chi connectivity index (χ0) is 11.6. The summed E-state index contributed by atoms with van der Waals surface area (Å²) in [6.07, 6.45) is -4.85. The monoisotopic (exact) mass is 285 g/mol. The molecule has 1 rings (SSSR count). The predicted molar refractivity (Wildman–Crippen MR) is 50.0 cm³/mol. The number of hydrogen-bond donors (Lipinski definition) is 1. The lowest BCUT2D eigenvalue weighted by Crippen LogP contribution is -2.18. The van der Waals surface area contributed by atoms with Gasteiger partial charge in [0.05, 0.1) is 0 Å². The molecule has 0 amide bonds. The van der Waals surface area contributed by atoms with Gasteiger partial charge in [-0.2, -0.15) is 0 Å². The fraction of sp³-hybridized carbons (Fsp3) is 0.375. The van der Waals surface area contributed by atoms with Gasteiger partial charge in [-0.3, -0.25) is 0 Å². The number of rotatable bonds is 2. The molecule has 1 N–H and O–H groups in total. The van der Waals surface area contributed by atoms with Crippen LogP contribution in [0.15, 0.2) is 6.07 Å². The molecule has 0 saturated heterocycles. The average Bonchev–Trinajstić information content (AvgIpc) is 2.08. The Bertz CT molecular complexity index is 368. The Hall–Kier alpha value is -0.980. The van der Waals surface area contributed by atoms with Crippen molar-refractivity contribution < 1.29 is 23.0 Å². The van der Waals surface area contributed by atoms with Crippen LogP contribution in [0.3, 0.4) is 0 Å². The molecule has 1 heterocycles. The Kier molecular flexibility index (Phi) is 3.43. The summed E-state index contributed by atoms with van der Waals surface area (Å²) in [6, 6.07) is 1.18. The lowest BCUT2D eigenvalue weighted by Gasteiger charge is -2.11.